The Balaban J connectivity index is 2.17. The molecule has 0 saturated carbocycles. The summed E-state index contributed by atoms with van der Waals surface area (Å²) in [4.78, 5) is 0. The zero-order valence-corrected chi connectivity index (χ0v) is 4.88. The largest absolute Gasteiger partial charge is 0.231 e. The number of hydrogen-bond donors (Lipinski definition) is 0. The van der Waals surface area contributed by atoms with Crippen molar-refractivity contribution in [2.75, 3.05) is 0 Å². The van der Waals surface area contributed by atoms with Crippen LogP contribution in [-0.4, -0.2) is 12.1 Å². The highest BCUT2D eigenvalue weighted by Gasteiger charge is 2.24. The molecule has 1 fully saturated rings. The van der Waals surface area contributed by atoms with Crippen LogP contribution in [0.4, 0.5) is 0 Å². The summed E-state index contributed by atoms with van der Waals surface area (Å²) in [6, 6.07) is 1.30. The Morgan fingerprint density at radius 2 is 2.38 bits per heavy atom. The quantitative estimate of drug-likeness (QED) is 0.412. The molecule has 0 aliphatic carbocycles. The van der Waals surface area contributed by atoms with Gasteiger partial charge in [0.2, 0.25) is 0 Å². The standard InChI is InChI=1S/C7H10N/c1-2-6-4-5-7(3-1)8-6/h1-2,6-7H,3-5H2. The minimum absolute atomic E-state index is 0.605. The second kappa shape index (κ2) is 1.59. The second-order valence-corrected chi connectivity index (χ2v) is 2.61. The zero-order chi connectivity index (χ0) is 5.40. The maximum Gasteiger partial charge on any atom is 0.0430 e. The van der Waals surface area contributed by atoms with Gasteiger partial charge in [0.1, 0.15) is 0 Å². The van der Waals surface area contributed by atoms with Gasteiger partial charge in [0.25, 0.3) is 0 Å². The first kappa shape index (κ1) is 4.57. The van der Waals surface area contributed by atoms with Crippen molar-refractivity contribution in [2.24, 2.45) is 0 Å². The van der Waals surface area contributed by atoms with E-state index in [0.29, 0.717) is 12.1 Å². The third kappa shape index (κ3) is 0.583. The molecule has 2 aliphatic heterocycles. The molecule has 0 amide bonds. The van der Waals surface area contributed by atoms with Crippen molar-refractivity contribution in [3.05, 3.63) is 12.2 Å². The van der Waals surface area contributed by atoms with Crippen molar-refractivity contribution in [2.45, 2.75) is 31.3 Å². The van der Waals surface area contributed by atoms with Crippen molar-refractivity contribution in [1.29, 1.82) is 0 Å². The first-order chi connectivity index (χ1) is 3.95. The van der Waals surface area contributed by atoms with Gasteiger partial charge in [0.15, 0.2) is 0 Å². The lowest BCUT2D eigenvalue weighted by atomic mass is 10.2. The molecule has 0 aromatic heterocycles. The van der Waals surface area contributed by atoms with Crippen LogP contribution in [0.2, 0.25) is 0 Å². The van der Waals surface area contributed by atoms with Gasteiger partial charge < -0.3 is 0 Å². The Bertz CT molecular complexity index is 118. The molecule has 0 aromatic rings. The number of fused-ring (bicyclic) bond motifs is 2. The van der Waals surface area contributed by atoms with Crippen LogP contribution >= 0.6 is 0 Å². The third-order valence-corrected chi connectivity index (χ3v) is 1.96. The van der Waals surface area contributed by atoms with Crippen LogP contribution in [-0.2, 0) is 0 Å². The van der Waals surface area contributed by atoms with Crippen molar-refractivity contribution in [1.82, 2.24) is 5.32 Å². The molecular formula is C7H10N. The van der Waals surface area contributed by atoms with Gasteiger partial charge in [-0.25, -0.2) is 5.32 Å². The van der Waals surface area contributed by atoms with Gasteiger partial charge in [-0.2, -0.15) is 0 Å². The predicted molar refractivity (Wildman–Crippen MR) is 32.7 cm³/mol. The van der Waals surface area contributed by atoms with E-state index < -0.39 is 0 Å². The smallest absolute Gasteiger partial charge is 0.0430 e. The molecule has 1 saturated heterocycles. The Morgan fingerprint density at radius 3 is 3.12 bits per heavy atom. The molecule has 2 heterocycles. The lowest BCUT2D eigenvalue weighted by Gasteiger charge is -2.11. The maximum absolute atomic E-state index is 4.51. The van der Waals surface area contributed by atoms with Gasteiger partial charge in [-0.3, -0.25) is 0 Å². The summed E-state index contributed by atoms with van der Waals surface area (Å²) in [7, 11) is 0. The van der Waals surface area contributed by atoms with E-state index in [2.05, 4.69) is 17.5 Å². The molecule has 1 radical (unpaired) electrons. The molecule has 2 aliphatic rings. The molecule has 1 nitrogen and oxygen atoms in total. The summed E-state index contributed by atoms with van der Waals surface area (Å²) in [5, 5.41) is 4.51. The number of rotatable bonds is 0. The zero-order valence-electron chi connectivity index (χ0n) is 4.88. The molecule has 43 valence electrons. The van der Waals surface area contributed by atoms with Crippen LogP contribution in [0.25, 0.3) is 0 Å². The highest BCUT2D eigenvalue weighted by molar-refractivity contribution is 5.05. The maximum atomic E-state index is 4.51. The summed E-state index contributed by atoms with van der Waals surface area (Å²) < 4.78 is 0. The molecule has 8 heavy (non-hydrogen) atoms. The number of nitrogens with zero attached hydrogens (tertiary/aromatic N) is 1. The number of hydrogen-bond acceptors (Lipinski definition) is 0. The summed E-state index contributed by atoms with van der Waals surface area (Å²) in [5.74, 6) is 0. The van der Waals surface area contributed by atoms with E-state index in [-0.39, 0.29) is 0 Å². The predicted octanol–water partition coefficient (Wildman–Crippen LogP) is 1.08. The summed E-state index contributed by atoms with van der Waals surface area (Å²) in [6.07, 6.45) is 8.36. The molecule has 0 N–H and O–H groups in total. The van der Waals surface area contributed by atoms with Gasteiger partial charge in [-0.15, -0.1) is 0 Å². The fourth-order valence-corrected chi connectivity index (χ4v) is 1.50. The van der Waals surface area contributed by atoms with Crippen molar-refractivity contribution >= 4 is 0 Å². The van der Waals surface area contributed by atoms with E-state index in [4.69, 9.17) is 0 Å². The lowest BCUT2D eigenvalue weighted by molar-refractivity contribution is 0.554. The van der Waals surface area contributed by atoms with E-state index >= 15 is 0 Å². The Kier molecular flexibility index (Phi) is 0.908. The SMILES string of the molecule is C1=CC2CCC(C1)[N]2. The van der Waals surface area contributed by atoms with Crippen LogP contribution in [0.1, 0.15) is 19.3 Å². The molecular weight excluding hydrogens is 98.1 g/mol. The summed E-state index contributed by atoms with van der Waals surface area (Å²) in [5.41, 5.74) is 0. The Labute approximate surface area is 49.8 Å². The third-order valence-electron chi connectivity index (χ3n) is 1.96. The van der Waals surface area contributed by atoms with Crippen LogP contribution in [0, 0.1) is 0 Å². The molecule has 0 aromatic carbocycles. The normalized spacial score (nSPS) is 43.0. The molecule has 1 heteroatoms. The lowest BCUT2D eigenvalue weighted by Crippen LogP contribution is -2.22. The van der Waals surface area contributed by atoms with E-state index in [1.165, 1.54) is 19.3 Å². The second-order valence-electron chi connectivity index (χ2n) is 2.61. The molecule has 0 spiro atoms. The van der Waals surface area contributed by atoms with Gasteiger partial charge >= 0.3 is 0 Å². The van der Waals surface area contributed by atoms with Crippen molar-refractivity contribution in [3.8, 4) is 0 Å². The highest BCUT2D eigenvalue weighted by atomic mass is 15.0. The fraction of sp³-hybridized carbons (Fsp3) is 0.714. The van der Waals surface area contributed by atoms with E-state index in [9.17, 15) is 0 Å². The summed E-state index contributed by atoms with van der Waals surface area (Å²) in [6.45, 7) is 0. The monoisotopic (exact) mass is 108 g/mol. The Hall–Kier alpha value is -0.300. The molecule has 2 rings (SSSR count). The van der Waals surface area contributed by atoms with Crippen LogP contribution in [0.3, 0.4) is 0 Å². The highest BCUT2D eigenvalue weighted by Crippen LogP contribution is 2.22. The molecule has 2 bridgehead atoms. The fourth-order valence-electron chi connectivity index (χ4n) is 1.50. The summed E-state index contributed by atoms with van der Waals surface area (Å²) >= 11 is 0. The average molecular weight is 108 g/mol. The molecule has 2 atom stereocenters. The minimum atomic E-state index is 0.605. The first-order valence-corrected chi connectivity index (χ1v) is 3.32. The van der Waals surface area contributed by atoms with Gasteiger partial charge in [-0.1, -0.05) is 12.2 Å². The van der Waals surface area contributed by atoms with Crippen molar-refractivity contribution < 1.29 is 0 Å². The van der Waals surface area contributed by atoms with Crippen LogP contribution < -0.4 is 5.32 Å². The van der Waals surface area contributed by atoms with Crippen molar-refractivity contribution in [3.63, 3.8) is 0 Å². The van der Waals surface area contributed by atoms with Gasteiger partial charge in [0, 0.05) is 12.1 Å². The van der Waals surface area contributed by atoms with Crippen LogP contribution in [0.5, 0.6) is 0 Å². The van der Waals surface area contributed by atoms with E-state index in [1.807, 2.05) is 0 Å². The topological polar surface area (TPSA) is 14.1 Å². The van der Waals surface area contributed by atoms with Gasteiger partial charge in [-0.05, 0) is 19.3 Å². The van der Waals surface area contributed by atoms with E-state index in [0.717, 1.165) is 0 Å². The average Bonchev–Trinajstić information content (AvgIpc) is 2.12. The van der Waals surface area contributed by atoms with Crippen LogP contribution in [0.15, 0.2) is 12.2 Å². The minimum Gasteiger partial charge on any atom is -0.231 e. The first-order valence-electron chi connectivity index (χ1n) is 3.32. The van der Waals surface area contributed by atoms with Gasteiger partial charge in [0.05, 0.1) is 0 Å². The molecule has 2 unspecified atom stereocenters. The van der Waals surface area contributed by atoms with E-state index in [1.54, 1.807) is 0 Å². The Morgan fingerprint density at radius 1 is 1.38 bits per heavy atom.